The van der Waals surface area contributed by atoms with Crippen molar-refractivity contribution in [2.75, 3.05) is 32.8 Å². The summed E-state index contributed by atoms with van der Waals surface area (Å²) < 4.78 is 36.6. The van der Waals surface area contributed by atoms with Crippen molar-refractivity contribution in [3.63, 3.8) is 0 Å². The Labute approximate surface area is 160 Å². The predicted octanol–water partition coefficient (Wildman–Crippen LogP) is 3.69. The first kappa shape index (κ1) is 18.1. The molecule has 1 aromatic heterocycles. The lowest BCUT2D eigenvalue weighted by Gasteiger charge is -2.26. The van der Waals surface area contributed by atoms with E-state index in [9.17, 15) is 8.78 Å². The normalized spacial score (nSPS) is 20.5. The molecule has 2 aromatic rings. The minimum absolute atomic E-state index is 0.0457. The number of H-pyrrole nitrogens is 1. The number of imidazole rings is 1. The fourth-order valence-electron chi connectivity index (χ4n) is 3.91. The van der Waals surface area contributed by atoms with Gasteiger partial charge >= 0.3 is 0 Å². The number of nitrogens with one attached hydrogen (secondary N) is 1. The fraction of sp³-hybridized carbons (Fsp3) is 0.500. The van der Waals surface area contributed by atoms with E-state index in [0.29, 0.717) is 17.7 Å². The molecule has 3 heterocycles. The third kappa shape index (κ3) is 3.33. The van der Waals surface area contributed by atoms with E-state index in [4.69, 9.17) is 28.6 Å². The standard InChI is InChI=1S/C18H20ClF2N3OS/c19-12-1-2-13(20)16(17(12)21)11-9-15-14(22-18(26)24(15)10-11)3-4-23-5-7-25-8-6-23/h1-2,11H,3-10H2,(H,22,26)/t11-/m1/s1. The van der Waals surface area contributed by atoms with Crippen molar-refractivity contribution in [1.29, 1.82) is 0 Å². The second-order valence-electron chi connectivity index (χ2n) is 6.83. The Morgan fingerprint density at radius 2 is 2.04 bits per heavy atom. The Bertz CT molecular complexity index is 876. The summed E-state index contributed by atoms with van der Waals surface area (Å²) in [6.07, 6.45) is 1.39. The highest BCUT2D eigenvalue weighted by Crippen LogP contribution is 2.36. The molecule has 1 atom stereocenters. The number of aromatic nitrogens is 2. The van der Waals surface area contributed by atoms with Crippen LogP contribution in [0.15, 0.2) is 12.1 Å². The maximum Gasteiger partial charge on any atom is 0.177 e. The van der Waals surface area contributed by atoms with Gasteiger partial charge in [-0.05, 0) is 30.8 Å². The van der Waals surface area contributed by atoms with Crippen molar-refractivity contribution in [3.8, 4) is 0 Å². The number of fused-ring (bicyclic) bond motifs is 1. The summed E-state index contributed by atoms with van der Waals surface area (Å²) in [6.45, 7) is 4.77. The van der Waals surface area contributed by atoms with E-state index in [0.717, 1.165) is 50.7 Å². The fourth-order valence-corrected chi connectivity index (χ4v) is 4.38. The van der Waals surface area contributed by atoms with Gasteiger partial charge in [-0.3, -0.25) is 4.90 Å². The van der Waals surface area contributed by atoms with E-state index in [1.807, 2.05) is 4.57 Å². The molecule has 0 unspecified atom stereocenters. The summed E-state index contributed by atoms with van der Waals surface area (Å²) in [5.41, 5.74) is 2.17. The molecule has 1 fully saturated rings. The zero-order valence-electron chi connectivity index (χ0n) is 14.2. The molecule has 8 heteroatoms. The number of hydrogen-bond donors (Lipinski definition) is 1. The molecule has 1 aromatic carbocycles. The maximum atomic E-state index is 14.4. The Balaban J connectivity index is 1.54. The number of benzene rings is 1. The predicted molar refractivity (Wildman–Crippen MR) is 98.4 cm³/mol. The number of hydrogen-bond acceptors (Lipinski definition) is 3. The van der Waals surface area contributed by atoms with Crippen LogP contribution in [0.2, 0.25) is 5.02 Å². The van der Waals surface area contributed by atoms with Crippen LogP contribution in [-0.4, -0.2) is 47.3 Å². The molecule has 140 valence electrons. The highest BCUT2D eigenvalue weighted by atomic mass is 35.5. The summed E-state index contributed by atoms with van der Waals surface area (Å²) in [7, 11) is 0. The summed E-state index contributed by atoms with van der Waals surface area (Å²) >= 11 is 11.3. The highest BCUT2D eigenvalue weighted by Gasteiger charge is 2.31. The first-order valence-electron chi connectivity index (χ1n) is 8.78. The van der Waals surface area contributed by atoms with Crippen LogP contribution in [-0.2, 0) is 24.1 Å². The van der Waals surface area contributed by atoms with Gasteiger partial charge in [-0.25, -0.2) is 8.78 Å². The average molecular weight is 400 g/mol. The molecule has 2 aliphatic heterocycles. The van der Waals surface area contributed by atoms with Crippen LogP contribution in [0, 0.1) is 16.4 Å². The van der Waals surface area contributed by atoms with Gasteiger partial charge in [-0.1, -0.05) is 11.6 Å². The molecule has 4 rings (SSSR count). The van der Waals surface area contributed by atoms with Crippen molar-refractivity contribution in [2.24, 2.45) is 0 Å². The van der Waals surface area contributed by atoms with Crippen molar-refractivity contribution >= 4 is 23.8 Å². The molecule has 4 nitrogen and oxygen atoms in total. The zero-order chi connectivity index (χ0) is 18.3. The number of aromatic amines is 1. The smallest absolute Gasteiger partial charge is 0.177 e. The first-order chi connectivity index (χ1) is 12.5. The molecule has 0 bridgehead atoms. The molecule has 0 spiro atoms. The third-order valence-corrected chi connectivity index (χ3v) is 5.90. The van der Waals surface area contributed by atoms with E-state index >= 15 is 0 Å². The highest BCUT2D eigenvalue weighted by molar-refractivity contribution is 7.71. The molecule has 2 aliphatic rings. The molecule has 0 aliphatic carbocycles. The lowest BCUT2D eigenvalue weighted by Crippen LogP contribution is -2.37. The van der Waals surface area contributed by atoms with Crippen LogP contribution in [0.5, 0.6) is 0 Å². The van der Waals surface area contributed by atoms with Crippen molar-refractivity contribution in [3.05, 3.63) is 50.5 Å². The van der Waals surface area contributed by atoms with Gasteiger partial charge in [-0.2, -0.15) is 0 Å². The lowest BCUT2D eigenvalue weighted by atomic mass is 9.95. The van der Waals surface area contributed by atoms with Gasteiger partial charge in [0, 0.05) is 55.5 Å². The first-order valence-corrected chi connectivity index (χ1v) is 9.57. The number of morpholine rings is 1. The van der Waals surface area contributed by atoms with Crippen LogP contribution < -0.4 is 0 Å². The van der Waals surface area contributed by atoms with E-state index < -0.39 is 11.6 Å². The molecule has 26 heavy (non-hydrogen) atoms. The zero-order valence-corrected chi connectivity index (χ0v) is 15.8. The molecule has 1 saturated heterocycles. The van der Waals surface area contributed by atoms with Gasteiger partial charge in [0.05, 0.1) is 18.2 Å². The number of ether oxygens (including phenoxy) is 1. The van der Waals surface area contributed by atoms with Gasteiger partial charge in [0.15, 0.2) is 4.77 Å². The molecule has 0 amide bonds. The van der Waals surface area contributed by atoms with Crippen molar-refractivity contribution in [1.82, 2.24) is 14.5 Å². The molecule has 0 radical (unpaired) electrons. The van der Waals surface area contributed by atoms with Crippen LogP contribution in [0.25, 0.3) is 0 Å². The molecular formula is C18H20ClF2N3OS. The van der Waals surface area contributed by atoms with Gasteiger partial charge in [0.25, 0.3) is 0 Å². The quantitative estimate of drug-likeness (QED) is 0.628. The lowest BCUT2D eigenvalue weighted by molar-refractivity contribution is 0.0383. The minimum atomic E-state index is -0.660. The summed E-state index contributed by atoms with van der Waals surface area (Å²) in [4.78, 5) is 5.63. The van der Waals surface area contributed by atoms with E-state index in [2.05, 4.69) is 9.88 Å². The van der Waals surface area contributed by atoms with Gasteiger partial charge in [0.2, 0.25) is 0 Å². The van der Waals surface area contributed by atoms with Crippen molar-refractivity contribution < 1.29 is 13.5 Å². The Morgan fingerprint density at radius 1 is 1.27 bits per heavy atom. The molecular weight excluding hydrogens is 380 g/mol. The van der Waals surface area contributed by atoms with E-state index in [1.54, 1.807) is 0 Å². The average Bonchev–Trinajstić information content (AvgIpc) is 3.19. The van der Waals surface area contributed by atoms with Crippen LogP contribution in [0.4, 0.5) is 8.78 Å². The van der Waals surface area contributed by atoms with E-state index in [1.165, 1.54) is 12.1 Å². The summed E-state index contributed by atoms with van der Waals surface area (Å²) in [5, 5.41) is -0.0457. The molecule has 1 N–H and O–H groups in total. The summed E-state index contributed by atoms with van der Waals surface area (Å²) in [5.74, 6) is -1.50. The summed E-state index contributed by atoms with van der Waals surface area (Å²) in [6, 6.07) is 2.49. The monoisotopic (exact) mass is 399 g/mol. The topological polar surface area (TPSA) is 33.2 Å². The van der Waals surface area contributed by atoms with Crippen LogP contribution >= 0.6 is 23.8 Å². The minimum Gasteiger partial charge on any atom is -0.379 e. The van der Waals surface area contributed by atoms with Crippen LogP contribution in [0.3, 0.4) is 0 Å². The number of nitrogens with zero attached hydrogens (tertiary/aromatic N) is 2. The van der Waals surface area contributed by atoms with Crippen LogP contribution in [0.1, 0.15) is 22.9 Å². The Kier molecular flexibility index (Phi) is 5.14. The van der Waals surface area contributed by atoms with E-state index in [-0.39, 0.29) is 16.5 Å². The maximum absolute atomic E-state index is 14.4. The number of halogens is 3. The van der Waals surface area contributed by atoms with Gasteiger partial charge < -0.3 is 14.3 Å². The number of rotatable bonds is 4. The Morgan fingerprint density at radius 3 is 2.81 bits per heavy atom. The second kappa shape index (κ2) is 7.38. The largest absolute Gasteiger partial charge is 0.379 e. The second-order valence-corrected chi connectivity index (χ2v) is 7.62. The SMILES string of the molecule is Fc1ccc(Cl)c(F)c1[C@@H]1Cc2c(CCN3CCOCC3)[nH]c(=S)n2C1. The van der Waals surface area contributed by atoms with Gasteiger partial charge in [0.1, 0.15) is 11.6 Å². The Hall–Kier alpha value is -1.28. The van der Waals surface area contributed by atoms with Crippen molar-refractivity contribution in [2.45, 2.75) is 25.3 Å². The third-order valence-electron chi connectivity index (χ3n) is 5.29. The molecule has 0 saturated carbocycles. The van der Waals surface area contributed by atoms with Gasteiger partial charge in [-0.15, -0.1) is 0 Å².